The molecular formula is C18H23N3. The normalized spacial score (nSPS) is 10.5. The number of anilines is 1. The SMILES string of the molecule is C#CCN(CCC)c1cc(CNCC)c2ccccc2n1. The Morgan fingerprint density at radius 2 is 2.10 bits per heavy atom. The molecule has 0 aliphatic heterocycles. The Morgan fingerprint density at radius 3 is 2.81 bits per heavy atom. The first-order valence-corrected chi connectivity index (χ1v) is 7.58. The predicted molar refractivity (Wildman–Crippen MR) is 90.5 cm³/mol. The Kier molecular flexibility index (Phi) is 5.59. The Bertz CT molecular complexity index is 628. The lowest BCUT2D eigenvalue weighted by Gasteiger charge is -2.22. The van der Waals surface area contributed by atoms with Gasteiger partial charge in [-0.15, -0.1) is 6.42 Å². The quantitative estimate of drug-likeness (QED) is 0.790. The minimum absolute atomic E-state index is 0.597. The Labute approximate surface area is 127 Å². The molecule has 0 aliphatic carbocycles. The highest BCUT2D eigenvalue weighted by Gasteiger charge is 2.10. The first kappa shape index (κ1) is 15.3. The molecule has 3 nitrogen and oxygen atoms in total. The fraction of sp³-hybridized carbons (Fsp3) is 0.389. The number of rotatable bonds is 7. The summed E-state index contributed by atoms with van der Waals surface area (Å²) in [5.74, 6) is 3.71. The number of hydrogen-bond donors (Lipinski definition) is 1. The van der Waals surface area contributed by atoms with Crippen molar-refractivity contribution >= 4 is 16.7 Å². The second-order valence-corrected chi connectivity index (χ2v) is 5.06. The molecule has 0 aliphatic rings. The second-order valence-electron chi connectivity index (χ2n) is 5.06. The van der Waals surface area contributed by atoms with E-state index in [1.165, 1.54) is 10.9 Å². The maximum atomic E-state index is 5.50. The summed E-state index contributed by atoms with van der Waals surface area (Å²) in [4.78, 5) is 6.95. The van der Waals surface area contributed by atoms with E-state index in [-0.39, 0.29) is 0 Å². The van der Waals surface area contributed by atoms with Gasteiger partial charge in [-0.2, -0.15) is 0 Å². The van der Waals surface area contributed by atoms with Crippen LogP contribution in [-0.4, -0.2) is 24.6 Å². The highest BCUT2D eigenvalue weighted by atomic mass is 15.2. The van der Waals surface area contributed by atoms with E-state index in [2.05, 4.69) is 54.3 Å². The van der Waals surface area contributed by atoms with Gasteiger partial charge in [0.2, 0.25) is 0 Å². The highest BCUT2D eigenvalue weighted by Crippen LogP contribution is 2.23. The third-order valence-corrected chi connectivity index (χ3v) is 3.45. The number of benzene rings is 1. The molecule has 0 spiro atoms. The number of nitrogens with one attached hydrogen (secondary N) is 1. The molecule has 1 aromatic heterocycles. The van der Waals surface area contributed by atoms with E-state index in [1.807, 2.05) is 6.07 Å². The van der Waals surface area contributed by atoms with Crippen LogP contribution in [0.3, 0.4) is 0 Å². The predicted octanol–water partition coefficient (Wildman–Crippen LogP) is 3.19. The van der Waals surface area contributed by atoms with Crippen LogP contribution in [0.1, 0.15) is 25.8 Å². The van der Waals surface area contributed by atoms with Crippen molar-refractivity contribution in [3.8, 4) is 12.3 Å². The molecular weight excluding hydrogens is 258 g/mol. The Balaban J connectivity index is 2.46. The zero-order valence-electron chi connectivity index (χ0n) is 12.9. The maximum Gasteiger partial charge on any atom is 0.130 e. The van der Waals surface area contributed by atoms with Crippen molar-refractivity contribution < 1.29 is 0 Å². The fourth-order valence-electron chi connectivity index (χ4n) is 2.45. The van der Waals surface area contributed by atoms with Crippen molar-refractivity contribution in [2.75, 3.05) is 24.5 Å². The first-order valence-electron chi connectivity index (χ1n) is 7.58. The van der Waals surface area contributed by atoms with Crippen LogP contribution in [0.4, 0.5) is 5.82 Å². The van der Waals surface area contributed by atoms with Gasteiger partial charge in [0, 0.05) is 18.5 Å². The number of hydrogen-bond acceptors (Lipinski definition) is 3. The molecule has 1 aromatic carbocycles. The molecule has 0 saturated carbocycles. The molecule has 1 N–H and O–H groups in total. The largest absolute Gasteiger partial charge is 0.345 e. The zero-order valence-corrected chi connectivity index (χ0v) is 12.9. The van der Waals surface area contributed by atoms with Gasteiger partial charge in [-0.3, -0.25) is 0 Å². The Morgan fingerprint density at radius 1 is 1.29 bits per heavy atom. The van der Waals surface area contributed by atoms with Crippen LogP contribution in [0.25, 0.3) is 10.9 Å². The molecule has 0 bridgehead atoms. The van der Waals surface area contributed by atoms with Crippen molar-refractivity contribution in [3.63, 3.8) is 0 Å². The van der Waals surface area contributed by atoms with Crippen LogP contribution in [0.15, 0.2) is 30.3 Å². The molecule has 0 atom stereocenters. The molecule has 3 heteroatoms. The molecule has 2 aromatic rings. The van der Waals surface area contributed by atoms with Crippen LogP contribution < -0.4 is 10.2 Å². The van der Waals surface area contributed by atoms with Crippen LogP contribution in [0.5, 0.6) is 0 Å². The summed E-state index contributed by atoms with van der Waals surface area (Å²) in [6, 6.07) is 10.4. The van der Waals surface area contributed by atoms with Crippen molar-refractivity contribution in [2.24, 2.45) is 0 Å². The van der Waals surface area contributed by atoms with E-state index in [9.17, 15) is 0 Å². The minimum atomic E-state index is 0.597. The third-order valence-electron chi connectivity index (χ3n) is 3.45. The molecule has 0 unspecified atom stereocenters. The summed E-state index contributed by atoms with van der Waals surface area (Å²) >= 11 is 0. The minimum Gasteiger partial charge on any atom is -0.345 e. The summed E-state index contributed by atoms with van der Waals surface area (Å²) in [6.07, 6.45) is 6.55. The van der Waals surface area contributed by atoms with Crippen molar-refractivity contribution in [3.05, 3.63) is 35.9 Å². The summed E-state index contributed by atoms with van der Waals surface area (Å²) < 4.78 is 0. The first-order chi connectivity index (χ1) is 10.3. The molecule has 2 rings (SSSR count). The summed E-state index contributed by atoms with van der Waals surface area (Å²) in [5.41, 5.74) is 2.30. The molecule has 0 fully saturated rings. The van der Waals surface area contributed by atoms with E-state index in [1.54, 1.807) is 0 Å². The molecule has 21 heavy (non-hydrogen) atoms. The monoisotopic (exact) mass is 281 g/mol. The van der Waals surface area contributed by atoms with Gasteiger partial charge in [0.25, 0.3) is 0 Å². The van der Waals surface area contributed by atoms with Crippen LogP contribution >= 0.6 is 0 Å². The van der Waals surface area contributed by atoms with Crippen molar-refractivity contribution in [1.29, 1.82) is 0 Å². The topological polar surface area (TPSA) is 28.2 Å². The lowest BCUT2D eigenvalue weighted by molar-refractivity contribution is 0.728. The van der Waals surface area contributed by atoms with E-state index in [4.69, 9.17) is 11.4 Å². The van der Waals surface area contributed by atoms with Crippen molar-refractivity contribution in [2.45, 2.75) is 26.8 Å². The summed E-state index contributed by atoms with van der Waals surface area (Å²) in [6.45, 7) is 7.60. The van der Waals surface area contributed by atoms with E-state index < -0.39 is 0 Å². The number of pyridine rings is 1. The maximum absolute atomic E-state index is 5.50. The van der Waals surface area contributed by atoms with Crippen LogP contribution in [-0.2, 0) is 6.54 Å². The van der Waals surface area contributed by atoms with Gasteiger partial charge in [0.15, 0.2) is 0 Å². The summed E-state index contributed by atoms with van der Waals surface area (Å²) in [7, 11) is 0. The molecule has 0 saturated heterocycles. The van der Waals surface area contributed by atoms with E-state index in [0.717, 1.165) is 37.4 Å². The van der Waals surface area contributed by atoms with Gasteiger partial charge in [-0.1, -0.05) is 38.0 Å². The second kappa shape index (κ2) is 7.66. The molecule has 1 heterocycles. The number of nitrogens with zero attached hydrogens (tertiary/aromatic N) is 2. The van der Waals surface area contributed by atoms with E-state index >= 15 is 0 Å². The Hall–Kier alpha value is -2.05. The lowest BCUT2D eigenvalue weighted by Crippen LogP contribution is -2.25. The summed E-state index contributed by atoms with van der Waals surface area (Å²) in [5, 5.41) is 4.61. The van der Waals surface area contributed by atoms with Crippen molar-refractivity contribution in [1.82, 2.24) is 10.3 Å². The standard InChI is InChI=1S/C18H23N3/c1-4-11-21(12-5-2)18-13-15(14-19-6-3)16-9-7-8-10-17(16)20-18/h1,7-10,13,19H,5-6,11-12,14H2,2-3H3. The molecule has 0 radical (unpaired) electrons. The van der Waals surface area contributed by atoms with E-state index in [0.29, 0.717) is 6.54 Å². The van der Waals surface area contributed by atoms with Crippen LogP contribution in [0, 0.1) is 12.3 Å². The smallest absolute Gasteiger partial charge is 0.130 e. The van der Waals surface area contributed by atoms with Gasteiger partial charge in [-0.25, -0.2) is 4.98 Å². The van der Waals surface area contributed by atoms with Crippen LogP contribution in [0.2, 0.25) is 0 Å². The number of para-hydroxylation sites is 1. The third kappa shape index (κ3) is 3.74. The lowest BCUT2D eigenvalue weighted by atomic mass is 10.1. The van der Waals surface area contributed by atoms with Gasteiger partial charge < -0.3 is 10.2 Å². The van der Waals surface area contributed by atoms with Gasteiger partial charge in [0.1, 0.15) is 5.82 Å². The zero-order chi connectivity index (χ0) is 15.1. The van der Waals surface area contributed by atoms with Gasteiger partial charge in [-0.05, 0) is 30.7 Å². The highest BCUT2D eigenvalue weighted by molar-refractivity contribution is 5.84. The van der Waals surface area contributed by atoms with Gasteiger partial charge >= 0.3 is 0 Å². The van der Waals surface area contributed by atoms with Gasteiger partial charge in [0.05, 0.1) is 12.1 Å². The average Bonchev–Trinajstić information content (AvgIpc) is 2.52. The number of fused-ring (bicyclic) bond motifs is 1. The average molecular weight is 281 g/mol. The fourth-order valence-corrected chi connectivity index (χ4v) is 2.45. The number of aromatic nitrogens is 1. The molecule has 110 valence electrons. The number of terminal acetylenes is 1. The molecule has 0 amide bonds.